The Bertz CT molecular complexity index is 449. The number of ketones is 1. The predicted octanol–water partition coefficient (Wildman–Crippen LogP) is 3.31. The molecule has 1 aliphatic heterocycles. The monoisotopic (exact) mass is 282 g/mol. The lowest BCUT2D eigenvalue weighted by molar-refractivity contribution is 0.0992. The highest BCUT2D eigenvalue weighted by atomic mass is 32.1. The fraction of sp³-hybridized carbons (Fsp3) is 0.643. The Morgan fingerprint density at radius 1 is 1.32 bits per heavy atom. The summed E-state index contributed by atoms with van der Waals surface area (Å²) in [6, 6.07) is 0. The minimum absolute atomic E-state index is 0.0990. The number of hydrogen-bond acceptors (Lipinski definition) is 5. The van der Waals surface area contributed by atoms with Crippen molar-refractivity contribution in [3.63, 3.8) is 0 Å². The third-order valence-corrected chi connectivity index (χ3v) is 4.84. The maximum Gasteiger partial charge on any atom is 0.177 e. The zero-order chi connectivity index (χ0) is 13.8. The van der Waals surface area contributed by atoms with Gasteiger partial charge in [-0.25, -0.2) is 0 Å². The molecule has 0 saturated carbocycles. The molecule has 1 aliphatic rings. The Hall–Kier alpha value is -1.23. The fourth-order valence-corrected chi connectivity index (χ4v) is 3.72. The molecule has 4 nitrogen and oxygen atoms in total. The number of methoxy groups -OCH3 is 1. The van der Waals surface area contributed by atoms with E-state index in [1.54, 1.807) is 7.11 Å². The molecule has 1 fully saturated rings. The molecule has 106 valence electrons. The summed E-state index contributed by atoms with van der Waals surface area (Å²) in [4.78, 5) is 14.9. The smallest absolute Gasteiger partial charge is 0.177 e. The van der Waals surface area contributed by atoms with E-state index in [4.69, 9.17) is 10.5 Å². The molecular weight excluding hydrogens is 260 g/mol. The van der Waals surface area contributed by atoms with E-state index in [-0.39, 0.29) is 5.78 Å². The number of nitrogens with two attached hydrogens (primary N) is 1. The lowest BCUT2D eigenvalue weighted by atomic mass is 10.2. The standard InChI is InChI=1S/C14H22N2O2S/c1-3-10(17)13-11(15)12(18-2)14(19-13)16-8-6-4-5-7-9-16/h3-9,15H2,1-2H3. The zero-order valence-corrected chi connectivity index (χ0v) is 12.5. The van der Waals surface area contributed by atoms with Gasteiger partial charge in [-0.15, -0.1) is 11.3 Å². The molecule has 2 rings (SSSR count). The number of nitrogens with zero attached hydrogens (tertiary/aromatic N) is 1. The van der Waals surface area contributed by atoms with Gasteiger partial charge in [-0.05, 0) is 12.8 Å². The third-order valence-electron chi connectivity index (χ3n) is 3.55. The Balaban J connectivity index is 2.35. The summed E-state index contributed by atoms with van der Waals surface area (Å²) in [7, 11) is 1.62. The zero-order valence-electron chi connectivity index (χ0n) is 11.7. The van der Waals surface area contributed by atoms with Crippen molar-refractivity contribution in [1.29, 1.82) is 0 Å². The van der Waals surface area contributed by atoms with E-state index in [1.807, 2.05) is 6.92 Å². The van der Waals surface area contributed by atoms with Crippen molar-refractivity contribution in [3.8, 4) is 5.75 Å². The first-order valence-electron chi connectivity index (χ1n) is 6.93. The van der Waals surface area contributed by atoms with Gasteiger partial charge in [0.15, 0.2) is 11.5 Å². The molecule has 5 heteroatoms. The van der Waals surface area contributed by atoms with Crippen LogP contribution in [0.5, 0.6) is 5.75 Å². The molecule has 2 N–H and O–H groups in total. The molecule has 0 atom stereocenters. The van der Waals surface area contributed by atoms with Crippen LogP contribution in [0.3, 0.4) is 0 Å². The van der Waals surface area contributed by atoms with E-state index in [0.29, 0.717) is 22.7 Å². The van der Waals surface area contributed by atoms with Crippen LogP contribution in [0, 0.1) is 0 Å². The van der Waals surface area contributed by atoms with Crippen LogP contribution in [0.25, 0.3) is 0 Å². The van der Waals surface area contributed by atoms with Gasteiger partial charge in [0.25, 0.3) is 0 Å². The number of carbonyl (C=O) groups is 1. The fourth-order valence-electron chi connectivity index (χ4n) is 2.46. The summed E-state index contributed by atoms with van der Waals surface area (Å²) in [5, 5.41) is 1.03. The Morgan fingerprint density at radius 2 is 1.95 bits per heavy atom. The first kappa shape index (κ1) is 14.2. The van der Waals surface area contributed by atoms with Gasteiger partial charge in [-0.1, -0.05) is 19.8 Å². The average molecular weight is 282 g/mol. The Labute approximate surface area is 118 Å². The number of anilines is 2. The summed E-state index contributed by atoms with van der Waals surface area (Å²) >= 11 is 1.49. The first-order chi connectivity index (χ1) is 9.19. The van der Waals surface area contributed by atoms with E-state index >= 15 is 0 Å². The minimum atomic E-state index is 0.0990. The second-order valence-corrected chi connectivity index (χ2v) is 5.86. The lowest BCUT2D eigenvalue weighted by Gasteiger charge is -2.21. The normalized spacial score (nSPS) is 16.2. The summed E-state index contributed by atoms with van der Waals surface area (Å²) in [6.45, 7) is 3.91. The number of thiophene rings is 1. The van der Waals surface area contributed by atoms with Gasteiger partial charge >= 0.3 is 0 Å². The van der Waals surface area contributed by atoms with Crippen LogP contribution in [0.2, 0.25) is 0 Å². The molecule has 0 radical (unpaired) electrons. The molecule has 19 heavy (non-hydrogen) atoms. The summed E-state index contributed by atoms with van der Waals surface area (Å²) in [5.74, 6) is 0.783. The van der Waals surface area contributed by atoms with E-state index in [9.17, 15) is 4.79 Å². The van der Waals surface area contributed by atoms with Crippen LogP contribution in [-0.2, 0) is 0 Å². The molecule has 0 aliphatic carbocycles. The van der Waals surface area contributed by atoms with E-state index in [0.717, 1.165) is 18.1 Å². The molecule has 1 aromatic rings. The second kappa shape index (κ2) is 6.28. The van der Waals surface area contributed by atoms with Crippen LogP contribution in [-0.4, -0.2) is 26.0 Å². The second-order valence-electron chi connectivity index (χ2n) is 4.86. The highest BCUT2D eigenvalue weighted by Crippen LogP contribution is 2.45. The van der Waals surface area contributed by atoms with Crippen molar-refractivity contribution in [2.24, 2.45) is 0 Å². The Kier molecular flexibility index (Phi) is 4.69. The van der Waals surface area contributed by atoms with E-state index in [2.05, 4.69) is 4.90 Å². The van der Waals surface area contributed by atoms with Crippen LogP contribution in [0.1, 0.15) is 48.7 Å². The van der Waals surface area contributed by atoms with Crippen molar-refractivity contribution in [3.05, 3.63) is 4.88 Å². The number of nitrogen functional groups attached to an aromatic ring is 1. The summed E-state index contributed by atoms with van der Waals surface area (Å²) in [6.07, 6.45) is 5.42. The summed E-state index contributed by atoms with van der Waals surface area (Å²) in [5.41, 5.74) is 6.59. The lowest BCUT2D eigenvalue weighted by Crippen LogP contribution is -2.23. The van der Waals surface area contributed by atoms with Crippen LogP contribution < -0.4 is 15.4 Å². The maximum atomic E-state index is 11.9. The maximum absolute atomic E-state index is 11.9. The van der Waals surface area contributed by atoms with Crippen LogP contribution >= 0.6 is 11.3 Å². The quantitative estimate of drug-likeness (QED) is 0.861. The molecule has 0 bridgehead atoms. The van der Waals surface area contributed by atoms with Gasteiger partial charge in [0.1, 0.15) is 5.00 Å². The van der Waals surface area contributed by atoms with Crippen LogP contribution in [0.15, 0.2) is 0 Å². The number of ether oxygens (including phenoxy) is 1. The van der Waals surface area contributed by atoms with Crippen molar-refractivity contribution in [1.82, 2.24) is 0 Å². The first-order valence-corrected chi connectivity index (χ1v) is 7.75. The number of hydrogen-bond donors (Lipinski definition) is 1. The average Bonchev–Trinajstić information content (AvgIpc) is 2.61. The number of carbonyl (C=O) groups excluding carboxylic acids is 1. The van der Waals surface area contributed by atoms with Gasteiger partial charge in [-0.3, -0.25) is 4.79 Å². The third kappa shape index (κ3) is 2.86. The van der Waals surface area contributed by atoms with E-state index < -0.39 is 0 Å². The van der Waals surface area contributed by atoms with Gasteiger partial charge < -0.3 is 15.4 Å². The predicted molar refractivity (Wildman–Crippen MR) is 80.6 cm³/mol. The highest BCUT2D eigenvalue weighted by Gasteiger charge is 2.24. The molecule has 0 aromatic carbocycles. The molecule has 0 amide bonds. The van der Waals surface area contributed by atoms with Crippen molar-refractivity contribution < 1.29 is 9.53 Å². The Morgan fingerprint density at radius 3 is 2.47 bits per heavy atom. The van der Waals surface area contributed by atoms with Gasteiger partial charge in [-0.2, -0.15) is 0 Å². The molecule has 2 heterocycles. The largest absolute Gasteiger partial charge is 0.492 e. The molecule has 1 saturated heterocycles. The molecule has 0 unspecified atom stereocenters. The molecule has 1 aromatic heterocycles. The van der Waals surface area contributed by atoms with Crippen molar-refractivity contribution >= 4 is 27.8 Å². The topological polar surface area (TPSA) is 55.6 Å². The molecular formula is C14H22N2O2S. The van der Waals surface area contributed by atoms with E-state index in [1.165, 1.54) is 37.0 Å². The SMILES string of the molecule is CCC(=O)c1sc(N2CCCCCC2)c(OC)c1N. The highest BCUT2D eigenvalue weighted by molar-refractivity contribution is 7.19. The van der Waals surface area contributed by atoms with Crippen LogP contribution in [0.4, 0.5) is 10.7 Å². The van der Waals surface area contributed by atoms with Gasteiger partial charge in [0, 0.05) is 19.5 Å². The van der Waals surface area contributed by atoms with Gasteiger partial charge in [0.2, 0.25) is 0 Å². The molecule has 0 spiro atoms. The minimum Gasteiger partial charge on any atom is -0.492 e. The number of rotatable bonds is 4. The summed E-state index contributed by atoms with van der Waals surface area (Å²) < 4.78 is 5.44. The van der Waals surface area contributed by atoms with Crippen molar-refractivity contribution in [2.45, 2.75) is 39.0 Å². The van der Waals surface area contributed by atoms with Gasteiger partial charge in [0.05, 0.1) is 17.7 Å². The number of Topliss-reactive ketones (excluding diaryl/α,β-unsaturated/α-hetero) is 1. The van der Waals surface area contributed by atoms with Crippen molar-refractivity contribution in [2.75, 3.05) is 30.8 Å².